The molecule has 1 aliphatic heterocycles. The second kappa shape index (κ2) is 6.78. The highest BCUT2D eigenvalue weighted by molar-refractivity contribution is 5.28. The lowest BCUT2D eigenvalue weighted by atomic mass is 10.00. The fraction of sp³-hybridized carbons (Fsp3) is 0.667. The fourth-order valence-corrected chi connectivity index (χ4v) is 2.65. The first-order chi connectivity index (χ1) is 9.67. The second-order valence-electron chi connectivity index (χ2n) is 5.45. The first-order valence-corrected chi connectivity index (χ1v) is 7.27. The van der Waals surface area contributed by atoms with E-state index in [0.717, 1.165) is 31.6 Å². The number of aromatic nitrogens is 1. The molecular weight excluding hydrogens is 254 g/mol. The molecule has 2 rings (SSSR count). The van der Waals surface area contributed by atoms with Gasteiger partial charge in [-0.1, -0.05) is 20.3 Å². The van der Waals surface area contributed by atoms with Crippen LogP contribution in [0, 0.1) is 17.2 Å². The fourth-order valence-electron chi connectivity index (χ4n) is 2.65. The van der Waals surface area contributed by atoms with Crippen molar-refractivity contribution in [1.82, 2.24) is 4.68 Å². The Hall–Kier alpha value is -1.51. The molecule has 20 heavy (non-hydrogen) atoms. The Bertz CT molecular complexity index is 478. The highest BCUT2D eigenvalue weighted by Gasteiger charge is 2.35. The van der Waals surface area contributed by atoms with Gasteiger partial charge in [0.2, 0.25) is 0 Å². The summed E-state index contributed by atoms with van der Waals surface area (Å²) in [5.41, 5.74) is 1.32. The molecule has 5 heteroatoms. The van der Waals surface area contributed by atoms with Crippen LogP contribution in [0.5, 0.6) is 0 Å². The lowest BCUT2D eigenvalue weighted by Gasteiger charge is -2.16. The average Bonchev–Trinajstić information content (AvgIpc) is 2.98. The Kier molecular flexibility index (Phi) is 5.05. The van der Waals surface area contributed by atoms with Gasteiger partial charge in [-0.2, -0.15) is 5.26 Å². The maximum atomic E-state index is 8.95. The van der Waals surface area contributed by atoms with Gasteiger partial charge in [0.1, 0.15) is 17.9 Å². The maximum Gasteiger partial charge on any atom is 0.139 e. The topological polar surface area (TPSA) is 73.2 Å². The molecule has 1 aromatic heterocycles. The van der Waals surface area contributed by atoms with E-state index in [9.17, 15) is 0 Å². The molecule has 0 radical (unpaired) electrons. The van der Waals surface area contributed by atoms with Crippen molar-refractivity contribution in [2.24, 2.45) is 5.92 Å². The summed E-state index contributed by atoms with van der Waals surface area (Å²) in [6.07, 6.45) is 3.25. The number of rotatable bonds is 6. The van der Waals surface area contributed by atoms with Gasteiger partial charge in [0, 0.05) is 6.61 Å². The molecule has 5 nitrogen and oxygen atoms in total. The van der Waals surface area contributed by atoms with E-state index in [2.05, 4.69) is 19.9 Å². The van der Waals surface area contributed by atoms with Crippen molar-refractivity contribution in [2.45, 2.75) is 45.3 Å². The van der Waals surface area contributed by atoms with Gasteiger partial charge in [-0.3, -0.25) is 4.68 Å². The molecule has 0 amide bonds. The first-order valence-electron chi connectivity index (χ1n) is 7.27. The number of nitrogen functional groups attached to an aromatic ring is 1. The van der Waals surface area contributed by atoms with Crippen LogP contribution in [0.2, 0.25) is 0 Å². The summed E-state index contributed by atoms with van der Waals surface area (Å²) >= 11 is 0. The molecule has 0 unspecified atom stereocenters. The average molecular weight is 277 g/mol. The molecule has 2 N–H and O–H groups in total. The number of nitriles is 1. The Balaban J connectivity index is 1.93. The monoisotopic (exact) mass is 277 g/mol. The Morgan fingerprint density at radius 2 is 2.35 bits per heavy atom. The van der Waals surface area contributed by atoms with E-state index >= 15 is 0 Å². The minimum atomic E-state index is -0.0538. The molecule has 0 aliphatic carbocycles. The van der Waals surface area contributed by atoms with Crippen molar-refractivity contribution in [3.63, 3.8) is 0 Å². The third-order valence-corrected chi connectivity index (χ3v) is 3.79. The van der Waals surface area contributed by atoms with Gasteiger partial charge < -0.3 is 15.3 Å². The lowest BCUT2D eigenvalue weighted by Crippen LogP contribution is -2.20. The van der Waals surface area contributed by atoms with Crippen LogP contribution in [-0.2, 0) is 9.47 Å². The highest BCUT2D eigenvalue weighted by Crippen LogP contribution is 2.38. The molecule has 0 aromatic carbocycles. The minimum absolute atomic E-state index is 0.0538. The van der Waals surface area contributed by atoms with Crippen LogP contribution in [0.3, 0.4) is 0 Å². The Morgan fingerprint density at radius 3 is 3.00 bits per heavy atom. The summed E-state index contributed by atoms with van der Waals surface area (Å²) in [6.45, 7) is 5.73. The summed E-state index contributed by atoms with van der Waals surface area (Å²) < 4.78 is 13.1. The summed E-state index contributed by atoms with van der Waals surface area (Å²) in [4.78, 5) is 0. The van der Waals surface area contributed by atoms with Gasteiger partial charge in [-0.25, -0.2) is 0 Å². The molecule has 110 valence electrons. The molecular formula is C15H23N3O2. The molecule has 0 spiro atoms. The van der Waals surface area contributed by atoms with Crippen LogP contribution in [0.1, 0.15) is 50.6 Å². The summed E-state index contributed by atoms with van der Waals surface area (Å²) in [6, 6.07) is 5.68. The van der Waals surface area contributed by atoms with Crippen LogP contribution < -0.4 is 5.84 Å². The standard InChI is InChI=1S/C15H23N3O2/c1-3-4-7-19-10-13-8-11(2)15(20-13)14-6-5-12(9-16)18(14)17/h5-6,11,13,15H,3-4,7-8,10,17H2,1-2H3/t11-,13-,15+/m0/s1. The van der Waals surface area contributed by atoms with Crippen LogP contribution in [0.15, 0.2) is 12.1 Å². The van der Waals surface area contributed by atoms with E-state index in [4.69, 9.17) is 20.6 Å². The SMILES string of the molecule is CCCCOC[C@@H]1C[C@H](C)[C@H](c2ccc(C#N)n2N)O1. The van der Waals surface area contributed by atoms with Crippen molar-refractivity contribution in [2.75, 3.05) is 19.1 Å². The molecule has 1 aliphatic rings. The zero-order valence-corrected chi connectivity index (χ0v) is 12.2. The Morgan fingerprint density at radius 1 is 1.55 bits per heavy atom. The molecule has 1 aromatic rings. The number of nitrogens with zero attached hydrogens (tertiary/aromatic N) is 2. The van der Waals surface area contributed by atoms with Gasteiger partial charge in [0.25, 0.3) is 0 Å². The molecule has 2 heterocycles. The van der Waals surface area contributed by atoms with Crippen molar-refractivity contribution in [3.8, 4) is 6.07 Å². The molecule has 3 atom stereocenters. The van der Waals surface area contributed by atoms with Crippen LogP contribution in [-0.4, -0.2) is 24.0 Å². The van der Waals surface area contributed by atoms with E-state index in [-0.39, 0.29) is 12.2 Å². The van der Waals surface area contributed by atoms with E-state index in [0.29, 0.717) is 18.2 Å². The Labute approximate surface area is 120 Å². The van der Waals surface area contributed by atoms with Gasteiger partial charge in [-0.05, 0) is 30.9 Å². The van der Waals surface area contributed by atoms with Crippen molar-refractivity contribution < 1.29 is 9.47 Å². The predicted molar refractivity (Wildman–Crippen MR) is 76.4 cm³/mol. The normalized spacial score (nSPS) is 25.8. The van der Waals surface area contributed by atoms with Crippen LogP contribution >= 0.6 is 0 Å². The maximum absolute atomic E-state index is 8.95. The second-order valence-corrected chi connectivity index (χ2v) is 5.45. The zero-order chi connectivity index (χ0) is 14.5. The number of ether oxygens (including phenoxy) is 2. The first kappa shape index (κ1) is 14.9. The van der Waals surface area contributed by atoms with Crippen LogP contribution in [0.4, 0.5) is 0 Å². The number of nitrogens with two attached hydrogens (primary N) is 1. The molecule has 1 saturated heterocycles. The van der Waals surface area contributed by atoms with E-state index in [1.165, 1.54) is 4.68 Å². The van der Waals surface area contributed by atoms with Gasteiger partial charge in [0.15, 0.2) is 0 Å². The summed E-state index contributed by atoms with van der Waals surface area (Å²) in [7, 11) is 0. The summed E-state index contributed by atoms with van der Waals surface area (Å²) in [5.74, 6) is 6.30. The molecule has 0 bridgehead atoms. The largest absolute Gasteiger partial charge is 0.379 e. The van der Waals surface area contributed by atoms with Crippen molar-refractivity contribution >= 4 is 0 Å². The van der Waals surface area contributed by atoms with Gasteiger partial charge >= 0.3 is 0 Å². The molecule has 0 saturated carbocycles. The van der Waals surface area contributed by atoms with Crippen molar-refractivity contribution in [1.29, 1.82) is 5.26 Å². The highest BCUT2D eigenvalue weighted by atomic mass is 16.5. The number of hydrogen-bond donors (Lipinski definition) is 1. The van der Waals surface area contributed by atoms with Crippen molar-refractivity contribution in [3.05, 3.63) is 23.5 Å². The van der Waals surface area contributed by atoms with Gasteiger partial charge in [-0.15, -0.1) is 0 Å². The molecule has 1 fully saturated rings. The third kappa shape index (κ3) is 3.14. The smallest absolute Gasteiger partial charge is 0.139 e. The predicted octanol–water partition coefficient (Wildman–Crippen LogP) is 2.36. The van der Waals surface area contributed by atoms with E-state index < -0.39 is 0 Å². The van der Waals surface area contributed by atoms with Gasteiger partial charge in [0.05, 0.1) is 18.4 Å². The van der Waals surface area contributed by atoms with Crippen LogP contribution in [0.25, 0.3) is 0 Å². The number of unbranched alkanes of at least 4 members (excludes halogenated alkanes) is 1. The third-order valence-electron chi connectivity index (χ3n) is 3.79. The minimum Gasteiger partial charge on any atom is -0.379 e. The van der Waals surface area contributed by atoms with E-state index in [1.807, 2.05) is 6.07 Å². The van der Waals surface area contributed by atoms with E-state index in [1.54, 1.807) is 6.07 Å². The lowest BCUT2D eigenvalue weighted by molar-refractivity contribution is -0.0218. The quantitative estimate of drug-likeness (QED) is 0.640. The number of hydrogen-bond acceptors (Lipinski definition) is 4. The summed E-state index contributed by atoms with van der Waals surface area (Å²) in [5, 5.41) is 8.95. The zero-order valence-electron chi connectivity index (χ0n) is 12.2.